The van der Waals surface area contributed by atoms with E-state index in [-0.39, 0.29) is 24.4 Å². The van der Waals surface area contributed by atoms with Crippen LogP contribution >= 0.6 is 11.6 Å². The number of imidazole rings is 1. The van der Waals surface area contributed by atoms with Gasteiger partial charge in [-0.25, -0.2) is 4.98 Å². The van der Waals surface area contributed by atoms with E-state index in [1.807, 2.05) is 47.2 Å². The maximum Gasteiger partial charge on any atom is 0.254 e. The number of carbonyl (C=O) groups excluding carboxylic acids is 2. The van der Waals surface area contributed by atoms with Crippen LogP contribution < -0.4 is 5.32 Å². The normalized spacial score (nSPS) is 12.9. The number of aryl methyl sites for hydroxylation is 2. The Hall–Kier alpha value is -3.90. The largest absolute Gasteiger partial charge is 0.326 e. The number of amides is 2. The summed E-state index contributed by atoms with van der Waals surface area (Å²) in [6.07, 6.45) is 3.71. The predicted molar refractivity (Wildman–Crippen MR) is 143 cm³/mol. The van der Waals surface area contributed by atoms with Crippen molar-refractivity contribution in [1.82, 2.24) is 14.5 Å². The molecule has 1 fully saturated rings. The molecule has 1 aromatic heterocycles. The van der Waals surface area contributed by atoms with Gasteiger partial charge in [-0.3, -0.25) is 19.5 Å². The van der Waals surface area contributed by atoms with Crippen LogP contribution in [0.1, 0.15) is 34.3 Å². The average Bonchev–Trinajstić information content (AvgIpc) is 3.64. The number of carbonyl (C=O) groups is 2. The van der Waals surface area contributed by atoms with Crippen molar-refractivity contribution in [3.05, 3.63) is 101 Å². The second-order valence-corrected chi connectivity index (χ2v) is 9.61. The highest BCUT2D eigenvalue weighted by molar-refractivity contribution is 6.30. The van der Waals surface area contributed by atoms with Crippen molar-refractivity contribution < 1.29 is 9.59 Å². The molecule has 182 valence electrons. The number of nitrogens with one attached hydrogen (secondary N) is 1. The highest BCUT2D eigenvalue weighted by Gasteiger charge is 2.34. The van der Waals surface area contributed by atoms with Gasteiger partial charge in [-0.05, 0) is 74.2 Å². The lowest BCUT2D eigenvalue weighted by Gasteiger charge is -2.22. The molecule has 1 saturated carbocycles. The van der Waals surface area contributed by atoms with Crippen LogP contribution in [0, 0.1) is 13.8 Å². The van der Waals surface area contributed by atoms with Gasteiger partial charge in [0, 0.05) is 34.1 Å². The minimum Gasteiger partial charge on any atom is -0.326 e. The summed E-state index contributed by atoms with van der Waals surface area (Å²) in [5.41, 5.74) is 5.46. The first-order valence-electron chi connectivity index (χ1n) is 12.0. The Kier molecular flexibility index (Phi) is 6.61. The number of hydrogen-bond donors (Lipinski definition) is 1. The molecular formula is C29H27ClN4O2. The first kappa shape index (κ1) is 23.8. The van der Waals surface area contributed by atoms with Gasteiger partial charge in [0.2, 0.25) is 11.9 Å². The molecule has 0 spiro atoms. The zero-order valence-electron chi connectivity index (χ0n) is 20.2. The van der Waals surface area contributed by atoms with Crippen molar-refractivity contribution in [3.63, 3.8) is 0 Å². The van der Waals surface area contributed by atoms with Crippen LogP contribution in [0.4, 0.5) is 5.95 Å². The molecule has 0 saturated heterocycles. The van der Waals surface area contributed by atoms with E-state index in [1.165, 1.54) is 5.56 Å². The lowest BCUT2D eigenvalue weighted by atomic mass is 10.1. The van der Waals surface area contributed by atoms with E-state index >= 15 is 0 Å². The lowest BCUT2D eigenvalue weighted by molar-refractivity contribution is -0.117. The molecule has 1 heterocycles. The molecule has 0 radical (unpaired) electrons. The Morgan fingerprint density at radius 1 is 1.00 bits per heavy atom. The molecule has 0 atom stereocenters. The molecule has 7 heteroatoms. The van der Waals surface area contributed by atoms with Crippen LogP contribution in [0.2, 0.25) is 5.02 Å². The first-order chi connectivity index (χ1) is 17.4. The monoisotopic (exact) mass is 498 g/mol. The highest BCUT2D eigenvalue weighted by Crippen LogP contribution is 2.29. The van der Waals surface area contributed by atoms with Gasteiger partial charge in [-0.2, -0.15) is 0 Å². The predicted octanol–water partition coefficient (Wildman–Crippen LogP) is 6.05. The van der Waals surface area contributed by atoms with Crippen molar-refractivity contribution >= 4 is 29.4 Å². The Bertz CT molecular complexity index is 1410. The number of benzene rings is 3. The molecule has 0 aliphatic heterocycles. The minimum atomic E-state index is -0.292. The number of aromatic nitrogens is 2. The fraction of sp³-hybridized carbons (Fsp3) is 0.207. The number of halogens is 1. The summed E-state index contributed by atoms with van der Waals surface area (Å²) in [7, 11) is 0. The molecule has 3 aromatic carbocycles. The second kappa shape index (κ2) is 9.99. The van der Waals surface area contributed by atoms with Gasteiger partial charge >= 0.3 is 0 Å². The Morgan fingerprint density at radius 3 is 2.39 bits per heavy atom. The first-order valence-corrected chi connectivity index (χ1v) is 12.4. The van der Waals surface area contributed by atoms with E-state index in [0.29, 0.717) is 16.5 Å². The minimum absolute atomic E-state index is 0.0490. The van der Waals surface area contributed by atoms with Gasteiger partial charge in [-0.1, -0.05) is 48.0 Å². The molecule has 2 amide bonds. The van der Waals surface area contributed by atoms with E-state index in [0.717, 1.165) is 35.3 Å². The van der Waals surface area contributed by atoms with Crippen LogP contribution in [0.25, 0.3) is 16.9 Å². The molecule has 36 heavy (non-hydrogen) atoms. The zero-order chi connectivity index (χ0) is 25.2. The standard InChI is InChI=1S/C29H27ClN4O2/c1-19-8-13-25(16-20(19)2)34-17-26(21-6-4-3-5-7-21)31-29(34)32-27(35)18-33(24-14-15-24)28(36)22-9-11-23(30)12-10-22/h3-13,16-17,24H,14-15,18H2,1-2H3,(H,31,32,35). The fourth-order valence-electron chi connectivity index (χ4n) is 4.12. The summed E-state index contributed by atoms with van der Waals surface area (Å²) in [5, 5.41) is 3.52. The number of rotatable bonds is 7. The molecule has 1 aliphatic carbocycles. The summed E-state index contributed by atoms with van der Waals surface area (Å²) in [4.78, 5) is 32.8. The molecule has 0 unspecified atom stereocenters. The number of hydrogen-bond acceptors (Lipinski definition) is 3. The van der Waals surface area contributed by atoms with Crippen LogP contribution in [-0.4, -0.2) is 38.9 Å². The van der Waals surface area contributed by atoms with E-state index in [4.69, 9.17) is 16.6 Å². The van der Waals surface area contributed by atoms with Gasteiger partial charge in [0.25, 0.3) is 5.91 Å². The van der Waals surface area contributed by atoms with Crippen LogP contribution in [0.5, 0.6) is 0 Å². The molecular weight excluding hydrogens is 472 g/mol. The quantitative estimate of drug-likeness (QED) is 0.337. The molecule has 4 aromatic rings. The van der Waals surface area contributed by atoms with E-state index in [2.05, 4.69) is 31.3 Å². The van der Waals surface area contributed by atoms with Gasteiger partial charge in [0.15, 0.2) is 0 Å². The third-order valence-corrected chi connectivity index (χ3v) is 6.70. The topological polar surface area (TPSA) is 67.2 Å². The maximum absolute atomic E-state index is 13.2. The van der Waals surface area contributed by atoms with Gasteiger partial charge in [0.1, 0.15) is 6.54 Å². The fourth-order valence-corrected chi connectivity index (χ4v) is 4.24. The third-order valence-electron chi connectivity index (χ3n) is 6.45. The van der Waals surface area contributed by atoms with Gasteiger partial charge < -0.3 is 4.90 Å². The van der Waals surface area contributed by atoms with Crippen molar-refractivity contribution in [2.75, 3.05) is 11.9 Å². The third kappa shape index (κ3) is 5.19. The lowest BCUT2D eigenvalue weighted by Crippen LogP contribution is -2.39. The van der Waals surface area contributed by atoms with Crippen molar-refractivity contribution in [2.24, 2.45) is 0 Å². The summed E-state index contributed by atoms with van der Waals surface area (Å²) >= 11 is 5.98. The van der Waals surface area contributed by atoms with Gasteiger partial charge in [0.05, 0.1) is 5.69 Å². The summed E-state index contributed by atoms with van der Waals surface area (Å²) in [6.45, 7) is 4.07. The van der Waals surface area contributed by atoms with Crippen molar-refractivity contribution in [3.8, 4) is 16.9 Å². The molecule has 1 N–H and O–H groups in total. The average molecular weight is 499 g/mol. The van der Waals surface area contributed by atoms with Crippen molar-refractivity contribution in [1.29, 1.82) is 0 Å². The van der Waals surface area contributed by atoms with Gasteiger partial charge in [-0.15, -0.1) is 0 Å². The van der Waals surface area contributed by atoms with E-state index < -0.39 is 0 Å². The van der Waals surface area contributed by atoms with Crippen LogP contribution in [0.3, 0.4) is 0 Å². The maximum atomic E-state index is 13.2. The molecule has 6 nitrogen and oxygen atoms in total. The summed E-state index contributed by atoms with van der Waals surface area (Å²) in [5.74, 6) is -0.0527. The zero-order valence-corrected chi connectivity index (χ0v) is 21.0. The van der Waals surface area contributed by atoms with Crippen molar-refractivity contribution in [2.45, 2.75) is 32.7 Å². The Morgan fingerprint density at radius 2 is 1.72 bits per heavy atom. The molecule has 5 rings (SSSR count). The SMILES string of the molecule is Cc1ccc(-n2cc(-c3ccccc3)nc2NC(=O)CN(C(=O)c2ccc(Cl)cc2)C2CC2)cc1C. The summed E-state index contributed by atoms with van der Waals surface area (Å²) < 4.78 is 1.88. The van der Waals surface area contributed by atoms with Crippen LogP contribution in [-0.2, 0) is 4.79 Å². The Labute approximate surface area is 215 Å². The second-order valence-electron chi connectivity index (χ2n) is 9.17. The van der Waals surface area contributed by atoms with Crippen LogP contribution in [0.15, 0.2) is 79.0 Å². The summed E-state index contributed by atoms with van der Waals surface area (Å²) in [6, 6.07) is 22.8. The highest BCUT2D eigenvalue weighted by atomic mass is 35.5. The van der Waals surface area contributed by atoms with E-state index in [1.54, 1.807) is 29.2 Å². The smallest absolute Gasteiger partial charge is 0.254 e. The number of nitrogens with zero attached hydrogens (tertiary/aromatic N) is 3. The molecule has 0 bridgehead atoms. The number of anilines is 1. The van der Waals surface area contributed by atoms with E-state index in [9.17, 15) is 9.59 Å². The Balaban J connectivity index is 1.42. The molecule has 1 aliphatic rings.